The Morgan fingerprint density at radius 1 is 1.26 bits per heavy atom. The Hall–Kier alpha value is -1.84. The molecule has 0 saturated heterocycles. The minimum atomic E-state index is -0.833. The van der Waals surface area contributed by atoms with Crippen LogP contribution in [-0.4, -0.2) is 28.9 Å². The van der Waals surface area contributed by atoms with Gasteiger partial charge in [0.1, 0.15) is 0 Å². The molecule has 102 valence electrons. The molecule has 1 aliphatic carbocycles. The average Bonchev–Trinajstić information content (AvgIpc) is 2.34. The first-order valence-corrected chi connectivity index (χ1v) is 6.55. The van der Waals surface area contributed by atoms with Crippen molar-refractivity contribution in [2.24, 2.45) is 5.41 Å². The molecule has 0 aromatic heterocycles. The minimum absolute atomic E-state index is 0.0917. The zero-order chi connectivity index (χ0) is 13.9. The van der Waals surface area contributed by atoms with Gasteiger partial charge in [0.25, 0.3) is 0 Å². The lowest BCUT2D eigenvalue weighted by atomic mass is 9.66. The number of amides is 1. The lowest BCUT2D eigenvalue weighted by molar-refractivity contribution is -0.159. The van der Waals surface area contributed by atoms with Crippen molar-refractivity contribution in [2.75, 3.05) is 7.05 Å². The van der Waals surface area contributed by atoms with Gasteiger partial charge >= 0.3 is 5.97 Å². The van der Waals surface area contributed by atoms with Gasteiger partial charge in [-0.15, -0.1) is 0 Å². The molecule has 0 radical (unpaired) electrons. The third-order valence-corrected chi connectivity index (χ3v) is 3.94. The van der Waals surface area contributed by atoms with Crippen LogP contribution in [0.3, 0.4) is 0 Å². The molecule has 19 heavy (non-hydrogen) atoms. The number of aliphatic carboxylic acids is 1. The van der Waals surface area contributed by atoms with E-state index in [1.807, 2.05) is 30.3 Å². The lowest BCUT2D eigenvalue weighted by Gasteiger charge is -2.38. The Balaban J connectivity index is 1.94. The predicted molar refractivity (Wildman–Crippen MR) is 71.5 cm³/mol. The Bertz CT molecular complexity index is 466. The molecule has 1 aromatic rings. The van der Waals surface area contributed by atoms with E-state index < -0.39 is 11.4 Å². The second-order valence-corrected chi connectivity index (χ2v) is 5.35. The molecule has 0 atom stereocenters. The number of hydrogen-bond donors (Lipinski definition) is 1. The van der Waals surface area contributed by atoms with Crippen LogP contribution < -0.4 is 0 Å². The number of carbonyl (C=O) groups excluding carboxylic acids is 1. The van der Waals surface area contributed by atoms with Crippen molar-refractivity contribution in [3.63, 3.8) is 0 Å². The van der Waals surface area contributed by atoms with E-state index in [9.17, 15) is 14.7 Å². The molecular formula is C15H19NO3. The number of carbonyl (C=O) groups is 2. The van der Waals surface area contributed by atoms with Crippen LogP contribution in [0.15, 0.2) is 30.3 Å². The van der Waals surface area contributed by atoms with E-state index in [2.05, 4.69) is 0 Å². The molecule has 0 bridgehead atoms. The van der Waals surface area contributed by atoms with Crippen molar-refractivity contribution in [2.45, 2.75) is 32.2 Å². The molecule has 1 aliphatic rings. The molecule has 1 saturated carbocycles. The fourth-order valence-electron chi connectivity index (χ4n) is 2.44. The second-order valence-electron chi connectivity index (χ2n) is 5.35. The summed E-state index contributed by atoms with van der Waals surface area (Å²) in [6.45, 7) is 0.523. The van der Waals surface area contributed by atoms with Crippen LogP contribution in [0.1, 0.15) is 31.2 Å². The smallest absolute Gasteiger partial charge is 0.310 e. The molecule has 0 unspecified atom stereocenters. The summed E-state index contributed by atoms with van der Waals surface area (Å²) in [7, 11) is 1.73. The number of hydrogen-bond acceptors (Lipinski definition) is 2. The molecule has 0 spiro atoms. The third-order valence-electron chi connectivity index (χ3n) is 3.94. The van der Waals surface area contributed by atoms with Gasteiger partial charge in [0, 0.05) is 20.0 Å². The maximum Gasteiger partial charge on any atom is 0.310 e. The minimum Gasteiger partial charge on any atom is -0.481 e. The van der Waals surface area contributed by atoms with E-state index in [1.165, 1.54) is 0 Å². The second kappa shape index (κ2) is 5.43. The normalized spacial score (nSPS) is 16.5. The fraction of sp³-hybridized carbons (Fsp3) is 0.467. The zero-order valence-corrected chi connectivity index (χ0v) is 11.1. The molecule has 0 aliphatic heterocycles. The van der Waals surface area contributed by atoms with Crippen LogP contribution in [0, 0.1) is 5.41 Å². The van der Waals surface area contributed by atoms with Crippen LogP contribution >= 0.6 is 0 Å². The van der Waals surface area contributed by atoms with E-state index in [-0.39, 0.29) is 12.3 Å². The van der Waals surface area contributed by atoms with Crippen LogP contribution in [0.25, 0.3) is 0 Å². The van der Waals surface area contributed by atoms with E-state index in [0.717, 1.165) is 12.0 Å². The maximum atomic E-state index is 12.1. The molecule has 1 fully saturated rings. The first-order valence-electron chi connectivity index (χ1n) is 6.55. The topological polar surface area (TPSA) is 57.6 Å². The van der Waals surface area contributed by atoms with Gasteiger partial charge in [-0.25, -0.2) is 0 Å². The highest BCUT2D eigenvalue weighted by Gasteiger charge is 2.46. The number of benzene rings is 1. The van der Waals surface area contributed by atoms with E-state index in [4.69, 9.17) is 0 Å². The average molecular weight is 261 g/mol. The summed E-state index contributed by atoms with van der Waals surface area (Å²) in [6, 6.07) is 9.70. The standard InChI is InChI=1S/C15H19NO3/c1-16(11-12-6-3-2-4-7-12)13(17)10-15(14(18)19)8-5-9-15/h2-4,6-7H,5,8-11H2,1H3,(H,18,19). The molecule has 2 rings (SSSR count). The summed E-state index contributed by atoms with van der Waals surface area (Å²) in [5.74, 6) is -0.925. The summed E-state index contributed by atoms with van der Waals surface area (Å²) in [4.78, 5) is 25.0. The Morgan fingerprint density at radius 3 is 2.37 bits per heavy atom. The van der Waals surface area contributed by atoms with Crippen molar-refractivity contribution in [3.8, 4) is 0 Å². The number of rotatable bonds is 5. The van der Waals surface area contributed by atoms with Crippen LogP contribution in [-0.2, 0) is 16.1 Å². The molecule has 4 nitrogen and oxygen atoms in total. The van der Waals surface area contributed by atoms with Gasteiger partial charge in [0.15, 0.2) is 0 Å². The zero-order valence-electron chi connectivity index (χ0n) is 11.1. The van der Waals surface area contributed by atoms with Gasteiger partial charge in [-0.05, 0) is 18.4 Å². The SMILES string of the molecule is CN(Cc1ccccc1)C(=O)CC1(C(=O)O)CCC1. The van der Waals surface area contributed by atoms with Gasteiger partial charge < -0.3 is 10.0 Å². The highest BCUT2D eigenvalue weighted by Crippen LogP contribution is 2.44. The summed E-state index contributed by atoms with van der Waals surface area (Å²) >= 11 is 0. The maximum absolute atomic E-state index is 12.1. The quantitative estimate of drug-likeness (QED) is 0.884. The van der Waals surface area contributed by atoms with Crippen molar-refractivity contribution in [1.29, 1.82) is 0 Å². The Labute approximate surface area is 113 Å². The highest BCUT2D eigenvalue weighted by atomic mass is 16.4. The first-order chi connectivity index (χ1) is 9.03. The summed E-state index contributed by atoms with van der Waals surface area (Å²) in [5.41, 5.74) is 0.249. The Kier molecular flexibility index (Phi) is 3.88. The van der Waals surface area contributed by atoms with Gasteiger partial charge in [-0.3, -0.25) is 9.59 Å². The van der Waals surface area contributed by atoms with E-state index in [1.54, 1.807) is 11.9 Å². The molecule has 1 amide bonds. The predicted octanol–water partition coefficient (Wildman–Crippen LogP) is 2.29. The lowest BCUT2D eigenvalue weighted by Crippen LogP contribution is -2.42. The van der Waals surface area contributed by atoms with Crippen LogP contribution in [0.2, 0.25) is 0 Å². The number of nitrogens with zero attached hydrogens (tertiary/aromatic N) is 1. The fourth-order valence-corrected chi connectivity index (χ4v) is 2.44. The third kappa shape index (κ3) is 2.95. The summed E-state index contributed by atoms with van der Waals surface area (Å²) < 4.78 is 0. The first kappa shape index (κ1) is 13.6. The van der Waals surface area contributed by atoms with Crippen LogP contribution in [0.4, 0.5) is 0 Å². The van der Waals surface area contributed by atoms with Crippen molar-refractivity contribution < 1.29 is 14.7 Å². The largest absolute Gasteiger partial charge is 0.481 e. The van der Waals surface area contributed by atoms with Gasteiger partial charge in [-0.2, -0.15) is 0 Å². The van der Waals surface area contributed by atoms with Crippen molar-refractivity contribution in [3.05, 3.63) is 35.9 Å². The monoisotopic (exact) mass is 261 g/mol. The molecule has 1 aromatic carbocycles. The summed E-state index contributed by atoms with van der Waals surface area (Å²) in [6.07, 6.45) is 2.26. The number of carboxylic acids is 1. The molecule has 0 heterocycles. The summed E-state index contributed by atoms with van der Waals surface area (Å²) in [5, 5.41) is 9.23. The molecular weight excluding hydrogens is 242 g/mol. The van der Waals surface area contributed by atoms with Crippen molar-refractivity contribution >= 4 is 11.9 Å². The van der Waals surface area contributed by atoms with Crippen LogP contribution in [0.5, 0.6) is 0 Å². The van der Waals surface area contributed by atoms with E-state index >= 15 is 0 Å². The number of carboxylic acid groups (broad SMARTS) is 1. The van der Waals surface area contributed by atoms with Gasteiger partial charge in [0.2, 0.25) is 5.91 Å². The molecule has 4 heteroatoms. The highest BCUT2D eigenvalue weighted by molar-refractivity contribution is 5.85. The van der Waals surface area contributed by atoms with Gasteiger partial charge in [0.05, 0.1) is 5.41 Å². The van der Waals surface area contributed by atoms with Crippen molar-refractivity contribution in [1.82, 2.24) is 4.90 Å². The van der Waals surface area contributed by atoms with Gasteiger partial charge in [-0.1, -0.05) is 36.8 Å². The van der Waals surface area contributed by atoms with E-state index in [0.29, 0.717) is 19.4 Å². The Morgan fingerprint density at radius 2 is 1.89 bits per heavy atom. The molecule has 1 N–H and O–H groups in total.